The van der Waals surface area contributed by atoms with Gasteiger partial charge in [0.1, 0.15) is 5.75 Å². The fourth-order valence-corrected chi connectivity index (χ4v) is 2.26. The summed E-state index contributed by atoms with van der Waals surface area (Å²) < 4.78 is 5.19. The van der Waals surface area contributed by atoms with Crippen LogP contribution in [0.2, 0.25) is 0 Å². The van der Waals surface area contributed by atoms with Gasteiger partial charge >= 0.3 is 0 Å². The number of amides is 2. The largest absolute Gasteiger partial charge is 0.484 e. The second kappa shape index (κ2) is 8.68. The molecule has 0 unspecified atom stereocenters. The molecular formula is C20H22N2O3. The van der Waals surface area contributed by atoms with Gasteiger partial charge in [-0.15, -0.1) is 0 Å². The molecular weight excluding hydrogens is 316 g/mol. The molecule has 5 heteroatoms. The van der Waals surface area contributed by atoms with Crippen LogP contribution >= 0.6 is 0 Å². The number of carbonyl (C=O) groups excluding carboxylic acids is 2. The Kier molecular flexibility index (Phi) is 6.34. The normalized spacial score (nSPS) is 11.9. The van der Waals surface area contributed by atoms with E-state index >= 15 is 0 Å². The Balaban J connectivity index is 1.96. The average molecular weight is 338 g/mol. The summed E-state index contributed by atoms with van der Waals surface area (Å²) in [5.41, 5.74) is 6.98. The van der Waals surface area contributed by atoms with E-state index in [4.69, 9.17) is 10.5 Å². The summed E-state index contributed by atoms with van der Waals surface area (Å²) in [4.78, 5) is 24.7. The number of nitrogens with zero attached hydrogens (tertiary/aromatic N) is 1. The van der Waals surface area contributed by atoms with Gasteiger partial charge in [0.2, 0.25) is 5.91 Å². The fraction of sp³-hybridized carbons (Fsp3) is 0.200. The van der Waals surface area contributed by atoms with Gasteiger partial charge in [-0.3, -0.25) is 9.59 Å². The van der Waals surface area contributed by atoms with Gasteiger partial charge in [-0.1, -0.05) is 42.5 Å². The zero-order chi connectivity index (χ0) is 18.2. The van der Waals surface area contributed by atoms with Gasteiger partial charge in [-0.05, 0) is 36.3 Å². The van der Waals surface area contributed by atoms with Crippen molar-refractivity contribution in [3.05, 3.63) is 71.8 Å². The van der Waals surface area contributed by atoms with E-state index in [2.05, 4.69) is 0 Å². The quantitative estimate of drug-likeness (QED) is 0.789. The van der Waals surface area contributed by atoms with Crippen molar-refractivity contribution in [2.75, 3.05) is 13.7 Å². The lowest BCUT2D eigenvalue weighted by atomic mass is 10.1. The topological polar surface area (TPSA) is 72.6 Å². The summed E-state index contributed by atoms with van der Waals surface area (Å²) in [6.07, 6.45) is 3.28. The third-order valence-electron chi connectivity index (χ3n) is 3.89. The molecule has 0 heterocycles. The summed E-state index contributed by atoms with van der Waals surface area (Å²) in [5.74, 6) is -0.0485. The highest BCUT2D eigenvalue weighted by atomic mass is 16.5. The van der Waals surface area contributed by atoms with E-state index in [9.17, 15) is 9.59 Å². The van der Waals surface area contributed by atoms with E-state index in [1.165, 1.54) is 0 Å². The lowest BCUT2D eigenvalue weighted by molar-refractivity contribution is -0.126. The molecule has 0 spiro atoms. The molecule has 5 nitrogen and oxygen atoms in total. The van der Waals surface area contributed by atoms with Crippen LogP contribution in [0.25, 0.3) is 6.08 Å². The Bertz CT molecular complexity index is 739. The molecule has 0 saturated carbocycles. The summed E-state index contributed by atoms with van der Waals surface area (Å²) in [6, 6.07) is 16.9. The standard InChI is InChI=1S/C20H22N2O3/c1-15(17-6-4-3-5-7-17)22(2)20(24)13-10-16-8-11-18(12-9-16)25-14-19(21)23/h3-13,15H,14H2,1-2H3,(H2,21,23)/b13-10-/t15-/m0/s1. The maximum atomic E-state index is 12.3. The first-order valence-electron chi connectivity index (χ1n) is 7.98. The van der Waals surface area contributed by atoms with Crippen LogP contribution in [-0.4, -0.2) is 30.4 Å². The SMILES string of the molecule is C[C@@H](c1ccccc1)N(C)C(=O)/C=C\c1ccc(OCC(N)=O)cc1. The third-order valence-corrected chi connectivity index (χ3v) is 3.89. The Morgan fingerprint density at radius 2 is 1.76 bits per heavy atom. The number of primary amides is 1. The Morgan fingerprint density at radius 1 is 1.12 bits per heavy atom. The molecule has 2 N–H and O–H groups in total. The maximum Gasteiger partial charge on any atom is 0.255 e. The van der Waals surface area contributed by atoms with Crippen LogP contribution in [0, 0.1) is 0 Å². The second-order valence-electron chi connectivity index (χ2n) is 5.69. The minimum atomic E-state index is -0.523. The Morgan fingerprint density at radius 3 is 2.36 bits per heavy atom. The molecule has 0 aliphatic heterocycles. The second-order valence-corrected chi connectivity index (χ2v) is 5.69. The molecule has 0 radical (unpaired) electrons. The Hall–Kier alpha value is -3.08. The number of hydrogen-bond acceptors (Lipinski definition) is 3. The average Bonchev–Trinajstić information content (AvgIpc) is 2.64. The van der Waals surface area contributed by atoms with Crippen molar-refractivity contribution in [3.8, 4) is 5.75 Å². The maximum absolute atomic E-state index is 12.3. The molecule has 1 atom stereocenters. The van der Waals surface area contributed by atoms with Crippen LogP contribution in [-0.2, 0) is 9.59 Å². The zero-order valence-electron chi connectivity index (χ0n) is 14.4. The molecule has 2 aromatic rings. The van der Waals surface area contributed by atoms with Gasteiger partial charge in [0, 0.05) is 13.1 Å². The first-order valence-corrected chi connectivity index (χ1v) is 7.98. The van der Waals surface area contributed by atoms with Crippen molar-refractivity contribution in [1.29, 1.82) is 0 Å². The highest BCUT2D eigenvalue weighted by Gasteiger charge is 2.14. The first-order chi connectivity index (χ1) is 12.0. The summed E-state index contributed by atoms with van der Waals surface area (Å²) in [7, 11) is 1.78. The van der Waals surface area contributed by atoms with Gasteiger partial charge < -0.3 is 15.4 Å². The van der Waals surface area contributed by atoms with E-state index in [0.717, 1.165) is 11.1 Å². The number of hydrogen-bond donors (Lipinski definition) is 1. The highest BCUT2D eigenvalue weighted by Crippen LogP contribution is 2.19. The number of benzene rings is 2. The number of likely N-dealkylation sites (N-methyl/N-ethyl adjacent to an activating group) is 1. The van der Waals surface area contributed by atoms with Crippen LogP contribution in [0.4, 0.5) is 0 Å². The summed E-state index contributed by atoms with van der Waals surface area (Å²) in [5, 5.41) is 0. The van der Waals surface area contributed by atoms with Crippen molar-refractivity contribution in [2.24, 2.45) is 5.73 Å². The molecule has 2 aromatic carbocycles. The number of carbonyl (C=O) groups is 2. The van der Waals surface area contributed by atoms with Gasteiger partial charge in [0.15, 0.2) is 6.61 Å². The van der Waals surface area contributed by atoms with Crippen molar-refractivity contribution in [2.45, 2.75) is 13.0 Å². The van der Waals surface area contributed by atoms with E-state index in [1.807, 2.05) is 37.3 Å². The van der Waals surface area contributed by atoms with Gasteiger partial charge in [-0.25, -0.2) is 0 Å². The molecule has 0 aliphatic rings. The first kappa shape index (κ1) is 18.3. The van der Waals surface area contributed by atoms with Gasteiger partial charge in [0.25, 0.3) is 5.91 Å². The molecule has 0 aromatic heterocycles. The predicted molar refractivity (Wildman–Crippen MR) is 97.8 cm³/mol. The van der Waals surface area contributed by atoms with E-state index in [0.29, 0.717) is 5.75 Å². The van der Waals surface area contributed by atoms with Crippen molar-refractivity contribution >= 4 is 17.9 Å². The number of ether oxygens (including phenoxy) is 1. The van der Waals surface area contributed by atoms with Crippen LogP contribution in [0.3, 0.4) is 0 Å². The summed E-state index contributed by atoms with van der Waals surface area (Å²) >= 11 is 0. The third kappa shape index (κ3) is 5.49. The lowest BCUT2D eigenvalue weighted by Crippen LogP contribution is -2.27. The molecule has 0 bridgehead atoms. The van der Waals surface area contributed by atoms with E-state index < -0.39 is 5.91 Å². The minimum absolute atomic E-state index is 0.0112. The van der Waals surface area contributed by atoms with Crippen molar-refractivity contribution in [3.63, 3.8) is 0 Å². The van der Waals surface area contributed by atoms with Crippen LogP contribution in [0.1, 0.15) is 24.1 Å². The smallest absolute Gasteiger partial charge is 0.255 e. The van der Waals surface area contributed by atoms with Crippen molar-refractivity contribution < 1.29 is 14.3 Å². The molecule has 0 saturated heterocycles. The molecule has 130 valence electrons. The predicted octanol–water partition coefficient (Wildman–Crippen LogP) is 2.78. The Labute approximate surface area is 147 Å². The summed E-state index contributed by atoms with van der Waals surface area (Å²) in [6.45, 7) is 1.84. The highest BCUT2D eigenvalue weighted by molar-refractivity contribution is 5.91. The molecule has 2 amide bonds. The number of rotatable bonds is 7. The monoisotopic (exact) mass is 338 g/mol. The van der Waals surface area contributed by atoms with Crippen LogP contribution in [0.15, 0.2) is 60.7 Å². The zero-order valence-corrected chi connectivity index (χ0v) is 14.4. The molecule has 25 heavy (non-hydrogen) atoms. The van der Waals surface area contributed by atoms with Crippen LogP contribution in [0.5, 0.6) is 5.75 Å². The van der Waals surface area contributed by atoms with Gasteiger partial charge in [-0.2, -0.15) is 0 Å². The number of nitrogens with two attached hydrogens (primary N) is 1. The minimum Gasteiger partial charge on any atom is -0.484 e. The molecule has 0 fully saturated rings. The van der Waals surface area contributed by atoms with Crippen molar-refractivity contribution in [1.82, 2.24) is 4.90 Å². The van der Waals surface area contributed by atoms with E-state index in [1.54, 1.807) is 48.4 Å². The molecule has 0 aliphatic carbocycles. The lowest BCUT2D eigenvalue weighted by Gasteiger charge is -2.24. The molecule has 2 rings (SSSR count). The van der Waals surface area contributed by atoms with Crippen LogP contribution < -0.4 is 10.5 Å². The van der Waals surface area contributed by atoms with E-state index in [-0.39, 0.29) is 18.6 Å². The fourth-order valence-electron chi connectivity index (χ4n) is 2.26. The van der Waals surface area contributed by atoms with Gasteiger partial charge in [0.05, 0.1) is 6.04 Å².